The summed E-state index contributed by atoms with van der Waals surface area (Å²) in [6.07, 6.45) is 4.11. The van der Waals surface area contributed by atoms with E-state index in [1.807, 2.05) is 6.92 Å². The molecule has 1 heterocycles. The predicted molar refractivity (Wildman–Crippen MR) is 71.4 cm³/mol. The first-order valence-corrected chi connectivity index (χ1v) is 5.96. The molecule has 0 aliphatic heterocycles. The van der Waals surface area contributed by atoms with Gasteiger partial charge >= 0.3 is 0 Å². The Balaban J connectivity index is 2.21. The van der Waals surface area contributed by atoms with Crippen molar-refractivity contribution >= 4 is 11.9 Å². The molecule has 18 heavy (non-hydrogen) atoms. The summed E-state index contributed by atoms with van der Waals surface area (Å²) in [5, 5.41) is 5.68. The Kier molecular flexibility index (Phi) is 6.24. The first-order chi connectivity index (χ1) is 8.74. The summed E-state index contributed by atoms with van der Waals surface area (Å²) in [4.78, 5) is 19.6. The number of carbonyl (C=O) groups excluding carboxylic acids is 1. The quantitative estimate of drug-likeness (QED) is 0.379. The maximum Gasteiger partial charge on any atom is 0.252 e. The molecule has 0 saturated carbocycles. The van der Waals surface area contributed by atoms with E-state index in [0.717, 1.165) is 6.42 Å². The van der Waals surface area contributed by atoms with Gasteiger partial charge in [0.05, 0.1) is 5.56 Å². The van der Waals surface area contributed by atoms with E-state index in [9.17, 15) is 4.79 Å². The van der Waals surface area contributed by atoms with Crippen LogP contribution >= 0.6 is 0 Å². The van der Waals surface area contributed by atoms with Crippen LogP contribution in [0, 0.1) is 0 Å². The summed E-state index contributed by atoms with van der Waals surface area (Å²) in [6, 6.07) is 3.44. The molecule has 0 bridgehead atoms. The van der Waals surface area contributed by atoms with Gasteiger partial charge in [-0.1, -0.05) is 6.92 Å². The van der Waals surface area contributed by atoms with Crippen LogP contribution in [0.4, 0.5) is 0 Å². The molecular weight excluding hydrogens is 230 g/mol. The minimum absolute atomic E-state index is 0.144. The number of hydrogen-bond acceptors (Lipinski definition) is 3. The fraction of sp³-hybridized carbons (Fsp3) is 0.417. The van der Waals surface area contributed by atoms with Crippen LogP contribution in [0.1, 0.15) is 23.7 Å². The molecule has 6 nitrogen and oxygen atoms in total. The van der Waals surface area contributed by atoms with Gasteiger partial charge < -0.3 is 16.4 Å². The van der Waals surface area contributed by atoms with Crippen LogP contribution in [0.15, 0.2) is 29.5 Å². The van der Waals surface area contributed by atoms with Gasteiger partial charge in [0, 0.05) is 32.0 Å². The van der Waals surface area contributed by atoms with E-state index >= 15 is 0 Å². The molecule has 0 saturated heterocycles. The van der Waals surface area contributed by atoms with Crippen LogP contribution in [0.3, 0.4) is 0 Å². The number of aliphatic imine (C=N–C) groups is 1. The Bertz CT molecular complexity index is 391. The Morgan fingerprint density at radius 1 is 1.44 bits per heavy atom. The van der Waals surface area contributed by atoms with Crippen molar-refractivity contribution < 1.29 is 4.79 Å². The standard InChI is InChI=1S/C12H19N5O/c1-2-5-16-12(13)17-8-7-15-11(18)10-4-3-6-14-9-10/h3-4,6,9H,2,5,7-8H2,1H3,(H,15,18)(H3,13,16,17). The zero-order valence-electron chi connectivity index (χ0n) is 10.5. The number of rotatable bonds is 6. The van der Waals surface area contributed by atoms with Crippen LogP contribution in [0.5, 0.6) is 0 Å². The van der Waals surface area contributed by atoms with Gasteiger partial charge in [-0.05, 0) is 18.6 Å². The molecule has 0 atom stereocenters. The number of guanidine groups is 1. The average Bonchev–Trinajstić information content (AvgIpc) is 2.42. The van der Waals surface area contributed by atoms with Crippen LogP contribution < -0.4 is 16.4 Å². The second-order valence-electron chi connectivity index (χ2n) is 3.69. The number of amides is 1. The van der Waals surface area contributed by atoms with Gasteiger partial charge in [-0.3, -0.25) is 14.8 Å². The number of nitrogens with two attached hydrogens (primary N) is 1. The Labute approximate surface area is 107 Å². The Hall–Kier alpha value is -2.11. The van der Waals surface area contributed by atoms with Gasteiger partial charge in [0.15, 0.2) is 5.96 Å². The van der Waals surface area contributed by atoms with E-state index in [0.29, 0.717) is 31.2 Å². The summed E-state index contributed by atoms with van der Waals surface area (Å²) >= 11 is 0. The molecule has 0 aromatic carbocycles. The van der Waals surface area contributed by atoms with Gasteiger partial charge in [0.1, 0.15) is 0 Å². The third-order valence-electron chi connectivity index (χ3n) is 2.15. The van der Waals surface area contributed by atoms with Crippen molar-refractivity contribution in [3.8, 4) is 0 Å². The lowest BCUT2D eigenvalue weighted by Crippen LogP contribution is -2.38. The van der Waals surface area contributed by atoms with Crippen molar-refractivity contribution in [3.05, 3.63) is 30.1 Å². The smallest absolute Gasteiger partial charge is 0.252 e. The van der Waals surface area contributed by atoms with E-state index < -0.39 is 0 Å². The summed E-state index contributed by atoms with van der Waals surface area (Å²) in [7, 11) is 0. The van der Waals surface area contributed by atoms with Crippen molar-refractivity contribution in [1.29, 1.82) is 0 Å². The van der Waals surface area contributed by atoms with Crippen molar-refractivity contribution in [2.75, 3.05) is 19.6 Å². The molecule has 4 N–H and O–H groups in total. The third-order valence-corrected chi connectivity index (χ3v) is 2.15. The highest BCUT2D eigenvalue weighted by Gasteiger charge is 2.03. The SMILES string of the molecule is CCCN=C(N)NCCNC(=O)c1cccnc1. The first kappa shape index (κ1) is 14.0. The lowest BCUT2D eigenvalue weighted by molar-refractivity contribution is 0.0954. The number of carbonyl (C=O) groups is 1. The second kappa shape index (κ2) is 8.05. The van der Waals surface area contributed by atoms with E-state index in [1.54, 1.807) is 18.3 Å². The van der Waals surface area contributed by atoms with Gasteiger partial charge in [-0.15, -0.1) is 0 Å². The lowest BCUT2D eigenvalue weighted by Gasteiger charge is -2.07. The molecule has 0 aliphatic carbocycles. The van der Waals surface area contributed by atoms with E-state index in [2.05, 4.69) is 20.6 Å². The molecule has 98 valence electrons. The maximum absolute atomic E-state index is 11.6. The molecule has 0 radical (unpaired) electrons. The van der Waals surface area contributed by atoms with E-state index in [1.165, 1.54) is 6.20 Å². The molecule has 0 unspecified atom stereocenters. The number of aromatic nitrogens is 1. The second-order valence-corrected chi connectivity index (χ2v) is 3.69. The van der Waals surface area contributed by atoms with Crippen molar-refractivity contribution in [2.45, 2.75) is 13.3 Å². The van der Waals surface area contributed by atoms with Crippen LogP contribution in [-0.2, 0) is 0 Å². The molecule has 0 aliphatic rings. The lowest BCUT2D eigenvalue weighted by atomic mass is 10.3. The highest BCUT2D eigenvalue weighted by molar-refractivity contribution is 5.93. The monoisotopic (exact) mass is 249 g/mol. The van der Waals surface area contributed by atoms with Gasteiger partial charge in [0.2, 0.25) is 0 Å². The summed E-state index contributed by atoms with van der Waals surface area (Å²) in [6.45, 7) is 3.77. The largest absolute Gasteiger partial charge is 0.370 e. The summed E-state index contributed by atoms with van der Waals surface area (Å²) in [5.74, 6) is 0.265. The van der Waals surface area contributed by atoms with Crippen LogP contribution in [0.2, 0.25) is 0 Å². The number of nitrogens with one attached hydrogen (secondary N) is 2. The predicted octanol–water partition coefficient (Wildman–Crippen LogP) is 0.126. The molecular formula is C12H19N5O. The van der Waals surface area contributed by atoms with Crippen LogP contribution in [-0.4, -0.2) is 36.5 Å². The molecule has 1 rings (SSSR count). The third kappa shape index (κ3) is 5.29. The fourth-order valence-corrected chi connectivity index (χ4v) is 1.25. The molecule has 1 amide bonds. The molecule has 1 aromatic heterocycles. The molecule has 6 heteroatoms. The maximum atomic E-state index is 11.6. The molecule has 0 spiro atoms. The minimum atomic E-state index is -0.144. The zero-order chi connectivity index (χ0) is 13.2. The van der Waals surface area contributed by atoms with Gasteiger partial charge in [-0.2, -0.15) is 0 Å². The highest BCUT2D eigenvalue weighted by atomic mass is 16.1. The fourth-order valence-electron chi connectivity index (χ4n) is 1.25. The van der Waals surface area contributed by atoms with E-state index in [-0.39, 0.29) is 5.91 Å². The van der Waals surface area contributed by atoms with Crippen molar-refractivity contribution in [2.24, 2.45) is 10.7 Å². The van der Waals surface area contributed by atoms with Crippen LogP contribution in [0.25, 0.3) is 0 Å². The first-order valence-electron chi connectivity index (χ1n) is 5.96. The number of nitrogens with zero attached hydrogens (tertiary/aromatic N) is 2. The summed E-state index contributed by atoms with van der Waals surface area (Å²) < 4.78 is 0. The molecule has 0 fully saturated rings. The van der Waals surface area contributed by atoms with Gasteiger partial charge in [-0.25, -0.2) is 0 Å². The van der Waals surface area contributed by atoms with Gasteiger partial charge in [0.25, 0.3) is 5.91 Å². The summed E-state index contributed by atoms with van der Waals surface area (Å²) in [5.41, 5.74) is 6.15. The average molecular weight is 249 g/mol. The number of hydrogen-bond donors (Lipinski definition) is 3. The Morgan fingerprint density at radius 3 is 2.89 bits per heavy atom. The van der Waals surface area contributed by atoms with E-state index in [4.69, 9.17) is 5.73 Å². The number of pyridine rings is 1. The minimum Gasteiger partial charge on any atom is -0.370 e. The highest BCUT2D eigenvalue weighted by Crippen LogP contribution is 1.93. The topological polar surface area (TPSA) is 92.4 Å². The van der Waals surface area contributed by atoms with Crippen molar-refractivity contribution in [1.82, 2.24) is 15.6 Å². The normalized spacial score (nSPS) is 11.1. The molecule has 1 aromatic rings. The zero-order valence-corrected chi connectivity index (χ0v) is 10.5. The van der Waals surface area contributed by atoms with Crippen molar-refractivity contribution in [3.63, 3.8) is 0 Å². The Morgan fingerprint density at radius 2 is 2.22 bits per heavy atom.